The predicted octanol–water partition coefficient (Wildman–Crippen LogP) is 3.07. The molecule has 0 aromatic heterocycles. The van der Waals surface area contributed by atoms with Gasteiger partial charge in [0.15, 0.2) is 5.60 Å². The second-order valence-corrected chi connectivity index (χ2v) is 9.12. The number of carbonyl (C=O) groups excluding carboxylic acids is 1. The molecule has 2 bridgehead atoms. The van der Waals surface area contributed by atoms with Crippen LogP contribution < -0.4 is 10.6 Å². The van der Waals surface area contributed by atoms with Crippen LogP contribution in [0.1, 0.15) is 32.1 Å². The normalized spacial score (nSPS) is 34.6. The van der Waals surface area contributed by atoms with Crippen LogP contribution in [-0.2, 0) is 9.53 Å². The Hall–Kier alpha value is -1.37. The first-order chi connectivity index (χ1) is 13.2. The quantitative estimate of drug-likeness (QED) is 0.554. The molecule has 4 unspecified atom stereocenters. The number of ether oxygens (including phenoxy) is 1. The minimum atomic E-state index is -0.309. The van der Waals surface area contributed by atoms with E-state index in [4.69, 9.17) is 4.74 Å². The average molecular weight is 432 g/mol. The number of carbonyl (C=O) groups is 1. The number of hydrogen-bond donors (Lipinski definition) is 2. The molecule has 3 heterocycles. The number of fused-ring (bicyclic) bond motifs is 3. The standard InChI is InChI=1S/C21H26BrN3O2/c22-15-4-6-16(7-5-15)23-8-9-24-17-11-14-12-20(26)27-21(14)13-18(17)25-10-2-1-3-19(21)25/h4-7,12,17-19,23-24H,1-3,8-11,13H2. The van der Waals surface area contributed by atoms with Crippen LogP contribution in [0, 0.1) is 0 Å². The molecule has 3 fully saturated rings. The van der Waals surface area contributed by atoms with Crippen molar-refractivity contribution in [2.45, 2.75) is 55.8 Å². The van der Waals surface area contributed by atoms with Gasteiger partial charge >= 0.3 is 5.97 Å². The first-order valence-corrected chi connectivity index (χ1v) is 10.9. The Morgan fingerprint density at radius 3 is 2.93 bits per heavy atom. The Morgan fingerprint density at radius 1 is 1.22 bits per heavy atom. The second kappa shape index (κ2) is 6.90. The Balaban J connectivity index is 1.25. The van der Waals surface area contributed by atoms with E-state index in [0.29, 0.717) is 18.1 Å². The summed E-state index contributed by atoms with van der Waals surface area (Å²) in [5.41, 5.74) is 2.06. The molecule has 5 rings (SSSR count). The molecular formula is C21H26BrN3O2. The fourth-order valence-electron chi connectivity index (χ4n) is 5.63. The summed E-state index contributed by atoms with van der Waals surface area (Å²) in [5.74, 6) is -0.131. The summed E-state index contributed by atoms with van der Waals surface area (Å²) in [6, 6.07) is 9.53. The van der Waals surface area contributed by atoms with Crippen LogP contribution in [0.3, 0.4) is 0 Å². The van der Waals surface area contributed by atoms with Crippen LogP contribution in [-0.4, -0.2) is 54.2 Å². The van der Waals surface area contributed by atoms with Crippen LogP contribution in [0.15, 0.2) is 40.4 Å². The molecule has 1 aromatic carbocycles. The molecule has 27 heavy (non-hydrogen) atoms. The van der Waals surface area contributed by atoms with E-state index in [1.54, 1.807) is 6.08 Å². The molecule has 144 valence electrons. The van der Waals surface area contributed by atoms with Gasteiger partial charge in [0.25, 0.3) is 0 Å². The van der Waals surface area contributed by atoms with Crippen molar-refractivity contribution < 1.29 is 9.53 Å². The third-order valence-corrected chi connectivity index (χ3v) is 7.28. The molecule has 5 nitrogen and oxygen atoms in total. The fourth-order valence-corrected chi connectivity index (χ4v) is 5.89. The number of anilines is 1. The van der Waals surface area contributed by atoms with Gasteiger partial charge in [-0.15, -0.1) is 0 Å². The Bertz CT molecular complexity index is 765. The van der Waals surface area contributed by atoms with Gasteiger partial charge < -0.3 is 15.4 Å². The van der Waals surface area contributed by atoms with Crippen molar-refractivity contribution in [3.05, 3.63) is 40.4 Å². The highest BCUT2D eigenvalue weighted by atomic mass is 79.9. The largest absolute Gasteiger partial charge is 0.450 e. The van der Waals surface area contributed by atoms with Crippen LogP contribution >= 0.6 is 15.9 Å². The molecule has 4 atom stereocenters. The average Bonchev–Trinajstić information content (AvgIpc) is 3.15. The summed E-state index contributed by atoms with van der Waals surface area (Å²) in [4.78, 5) is 14.7. The van der Waals surface area contributed by atoms with E-state index in [1.807, 2.05) is 0 Å². The van der Waals surface area contributed by atoms with Gasteiger partial charge in [-0.2, -0.15) is 0 Å². The van der Waals surface area contributed by atoms with E-state index in [2.05, 4.69) is 55.7 Å². The third kappa shape index (κ3) is 3.02. The Morgan fingerprint density at radius 2 is 2.07 bits per heavy atom. The number of halogens is 1. The highest BCUT2D eigenvalue weighted by Crippen LogP contribution is 2.53. The molecule has 6 heteroatoms. The number of benzene rings is 1. The minimum absolute atomic E-state index is 0.131. The zero-order chi connectivity index (χ0) is 18.4. The topological polar surface area (TPSA) is 53.6 Å². The van der Waals surface area contributed by atoms with Gasteiger partial charge in [-0.1, -0.05) is 22.4 Å². The lowest BCUT2D eigenvalue weighted by Gasteiger charge is -2.38. The monoisotopic (exact) mass is 431 g/mol. The van der Waals surface area contributed by atoms with E-state index in [9.17, 15) is 4.79 Å². The molecule has 0 amide bonds. The minimum Gasteiger partial charge on any atom is -0.450 e. The Labute approximate surface area is 168 Å². The summed E-state index contributed by atoms with van der Waals surface area (Å²) >= 11 is 3.47. The van der Waals surface area contributed by atoms with Crippen molar-refractivity contribution in [3.8, 4) is 0 Å². The van der Waals surface area contributed by atoms with E-state index >= 15 is 0 Å². The van der Waals surface area contributed by atoms with Crippen LogP contribution in [0.25, 0.3) is 0 Å². The fraction of sp³-hybridized carbons (Fsp3) is 0.571. The summed E-state index contributed by atoms with van der Waals surface area (Å²) in [5, 5.41) is 7.24. The molecule has 1 saturated carbocycles. The number of hydrogen-bond acceptors (Lipinski definition) is 5. The highest BCUT2D eigenvalue weighted by molar-refractivity contribution is 9.10. The van der Waals surface area contributed by atoms with Crippen LogP contribution in [0.4, 0.5) is 5.69 Å². The maximum atomic E-state index is 12.1. The summed E-state index contributed by atoms with van der Waals surface area (Å²) in [7, 11) is 0. The number of rotatable bonds is 5. The first kappa shape index (κ1) is 17.7. The highest BCUT2D eigenvalue weighted by Gasteiger charge is 2.63. The number of nitrogens with zero attached hydrogens (tertiary/aromatic N) is 1. The summed E-state index contributed by atoms with van der Waals surface area (Å²) < 4.78 is 7.03. The molecule has 3 aliphatic heterocycles. The van der Waals surface area contributed by atoms with Gasteiger partial charge in [-0.3, -0.25) is 4.90 Å². The summed E-state index contributed by atoms with van der Waals surface area (Å²) in [6.45, 7) is 2.93. The van der Waals surface area contributed by atoms with Crippen molar-refractivity contribution in [1.29, 1.82) is 0 Å². The van der Waals surface area contributed by atoms with Crippen molar-refractivity contribution >= 4 is 27.6 Å². The van der Waals surface area contributed by atoms with E-state index in [-0.39, 0.29) is 11.6 Å². The van der Waals surface area contributed by atoms with Crippen molar-refractivity contribution in [2.24, 2.45) is 0 Å². The molecule has 1 spiro atoms. The number of esters is 1. The summed E-state index contributed by atoms with van der Waals surface area (Å²) in [6.07, 6.45) is 7.33. The second-order valence-electron chi connectivity index (χ2n) is 8.20. The smallest absolute Gasteiger partial charge is 0.331 e. The van der Waals surface area contributed by atoms with Gasteiger partial charge in [0, 0.05) is 47.8 Å². The third-order valence-electron chi connectivity index (χ3n) is 6.75. The van der Waals surface area contributed by atoms with Gasteiger partial charge in [0.2, 0.25) is 0 Å². The van der Waals surface area contributed by atoms with E-state index < -0.39 is 0 Å². The van der Waals surface area contributed by atoms with Crippen LogP contribution in [0.5, 0.6) is 0 Å². The van der Waals surface area contributed by atoms with Crippen molar-refractivity contribution in [2.75, 3.05) is 25.0 Å². The molecule has 1 aromatic rings. The van der Waals surface area contributed by atoms with Gasteiger partial charge in [-0.25, -0.2) is 4.79 Å². The SMILES string of the molecule is O=C1C=C2CC(NCCNc3ccc(Br)cc3)C3CC2(O1)C1CCCCN31. The lowest BCUT2D eigenvalue weighted by Crippen LogP contribution is -2.50. The van der Waals surface area contributed by atoms with Gasteiger partial charge in [0.1, 0.15) is 0 Å². The van der Waals surface area contributed by atoms with Gasteiger partial charge in [0.05, 0.1) is 6.04 Å². The van der Waals surface area contributed by atoms with Crippen molar-refractivity contribution in [3.63, 3.8) is 0 Å². The van der Waals surface area contributed by atoms with Crippen LogP contribution in [0.2, 0.25) is 0 Å². The maximum Gasteiger partial charge on any atom is 0.331 e. The zero-order valence-electron chi connectivity index (χ0n) is 15.4. The molecule has 1 aliphatic carbocycles. The molecule has 2 N–H and O–H groups in total. The van der Waals surface area contributed by atoms with E-state index in [1.165, 1.54) is 18.4 Å². The number of nitrogens with one attached hydrogen (secondary N) is 2. The maximum absolute atomic E-state index is 12.1. The Kier molecular flexibility index (Phi) is 4.53. The zero-order valence-corrected chi connectivity index (χ0v) is 17.0. The molecule has 4 aliphatic rings. The van der Waals surface area contributed by atoms with Gasteiger partial charge in [-0.05, 0) is 55.6 Å². The molecular weight excluding hydrogens is 406 g/mol. The van der Waals surface area contributed by atoms with E-state index in [0.717, 1.165) is 49.1 Å². The first-order valence-electron chi connectivity index (χ1n) is 10.1. The van der Waals surface area contributed by atoms with Crippen molar-refractivity contribution in [1.82, 2.24) is 10.2 Å². The molecule has 2 saturated heterocycles. The number of piperidine rings is 1. The molecule has 0 radical (unpaired) electrons. The lowest BCUT2D eigenvalue weighted by molar-refractivity contribution is -0.148. The predicted molar refractivity (Wildman–Crippen MR) is 109 cm³/mol. The lowest BCUT2D eigenvalue weighted by atomic mass is 9.75.